The molecule has 0 spiro atoms. The van der Waals surface area contributed by atoms with Crippen molar-refractivity contribution in [2.24, 2.45) is 0 Å². The van der Waals surface area contributed by atoms with Gasteiger partial charge in [-0.05, 0) is 49.6 Å². The van der Waals surface area contributed by atoms with Crippen molar-refractivity contribution in [2.75, 3.05) is 7.11 Å². The maximum absolute atomic E-state index is 14.2. The Morgan fingerprint density at radius 2 is 2.00 bits per heavy atom. The van der Waals surface area contributed by atoms with Gasteiger partial charge in [0.15, 0.2) is 11.6 Å². The molecular formula is C20H25F2NO. The molecule has 24 heavy (non-hydrogen) atoms. The van der Waals surface area contributed by atoms with Crippen LogP contribution < -0.4 is 5.32 Å². The molecule has 4 heteroatoms. The van der Waals surface area contributed by atoms with E-state index in [9.17, 15) is 8.78 Å². The molecule has 0 amide bonds. The van der Waals surface area contributed by atoms with Crippen molar-refractivity contribution in [3.05, 3.63) is 64.6 Å². The summed E-state index contributed by atoms with van der Waals surface area (Å²) < 4.78 is 33.2. The highest BCUT2D eigenvalue weighted by Crippen LogP contribution is 2.32. The van der Waals surface area contributed by atoms with Gasteiger partial charge in [0.05, 0.1) is 7.11 Å². The summed E-state index contributed by atoms with van der Waals surface area (Å²) in [5, 5.41) is 3.48. The standard InChI is InChI=1S/C20H25F2NO/c1-5-7-19(23-13(2)3)15-10-14(11-16(12-15)24-4)17-8-6-9-18(21)20(17)22/h6,8-11,13,23H,5,7,12H2,1-4H3/b19-15+. The molecule has 1 aliphatic carbocycles. The van der Waals surface area contributed by atoms with Crippen molar-refractivity contribution in [3.8, 4) is 0 Å². The van der Waals surface area contributed by atoms with E-state index in [1.54, 1.807) is 19.3 Å². The Bertz CT molecular complexity index is 687. The summed E-state index contributed by atoms with van der Waals surface area (Å²) in [5.41, 5.74) is 3.07. The number of ether oxygens (including phenoxy) is 1. The van der Waals surface area contributed by atoms with E-state index in [1.807, 2.05) is 6.08 Å². The molecule has 1 aliphatic rings. The van der Waals surface area contributed by atoms with Crippen molar-refractivity contribution in [2.45, 2.75) is 46.1 Å². The van der Waals surface area contributed by atoms with Crippen LogP contribution in [0.1, 0.15) is 45.6 Å². The highest BCUT2D eigenvalue weighted by molar-refractivity contribution is 5.78. The molecule has 0 saturated carbocycles. The predicted octanol–water partition coefficient (Wildman–Crippen LogP) is 5.33. The molecule has 2 nitrogen and oxygen atoms in total. The monoisotopic (exact) mass is 333 g/mol. The molecule has 0 aromatic heterocycles. The topological polar surface area (TPSA) is 21.3 Å². The molecule has 1 aromatic rings. The van der Waals surface area contributed by atoms with Gasteiger partial charge in [-0.1, -0.05) is 25.5 Å². The van der Waals surface area contributed by atoms with Gasteiger partial charge in [-0.25, -0.2) is 8.78 Å². The van der Waals surface area contributed by atoms with E-state index in [0.717, 1.165) is 35.9 Å². The molecule has 0 radical (unpaired) electrons. The van der Waals surface area contributed by atoms with Crippen LogP contribution >= 0.6 is 0 Å². The van der Waals surface area contributed by atoms with E-state index in [2.05, 4.69) is 26.1 Å². The zero-order chi connectivity index (χ0) is 17.7. The number of methoxy groups -OCH3 is 1. The Morgan fingerprint density at radius 3 is 2.62 bits per heavy atom. The maximum atomic E-state index is 14.2. The van der Waals surface area contributed by atoms with E-state index >= 15 is 0 Å². The van der Waals surface area contributed by atoms with E-state index < -0.39 is 11.6 Å². The second kappa shape index (κ2) is 8.13. The lowest BCUT2D eigenvalue weighted by atomic mass is 9.92. The van der Waals surface area contributed by atoms with Crippen LogP contribution in [0.25, 0.3) is 5.57 Å². The quantitative estimate of drug-likeness (QED) is 0.759. The number of hydrogen-bond acceptors (Lipinski definition) is 2. The minimum atomic E-state index is -0.842. The molecular weight excluding hydrogens is 308 g/mol. The van der Waals surface area contributed by atoms with Crippen LogP contribution in [0.15, 0.2) is 47.4 Å². The lowest BCUT2D eigenvalue weighted by Gasteiger charge is -2.22. The Balaban J connectivity index is 2.53. The average Bonchev–Trinajstić information content (AvgIpc) is 2.56. The first kappa shape index (κ1) is 18.2. The number of allylic oxidation sites excluding steroid dienone is 5. The molecule has 1 N–H and O–H groups in total. The van der Waals surface area contributed by atoms with Crippen LogP contribution in [-0.4, -0.2) is 13.2 Å². The maximum Gasteiger partial charge on any atom is 0.166 e. The van der Waals surface area contributed by atoms with Gasteiger partial charge in [0.25, 0.3) is 0 Å². The molecule has 0 heterocycles. The molecule has 0 unspecified atom stereocenters. The number of rotatable bonds is 6. The largest absolute Gasteiger partial charge is 0.501 e. The van der Waals surface area contributed by atoms with Gasteiger partial charge in [-0.15, -0.1) is 0 Å². The third kappa shape index (κ3) is 4.25. The summed E-state index contributed by atoms with van der Waals surface area (Å²) in [6, 6.07) is 4.54. The molecule has 0 fully saturated rings. The summed E-state index contributed by atoms with van der Waals surface area (Å²) in [4.78, 5) is 0. The third-order valence-corrected chi connectivity index (χ3v) is 3.89. The van der Waals surface area contributed by atoms with Crippen LogP contribution in [0.4, 0.5) is 8.78 Å². The number of nitrogens with one attached hydrogen (secondary N) is 1. The summed E-state index contributed by atoms with van der Waals surface area (Å²) in [5.74, 6) is -0.929. The lowest BCUT2D eigenvalue weighted by Crippen LogP contribution is -2.23. The molecule has 0 aliphatic heterocycles. The predicted molar refractivity (Wildman–Crippen MR) is 94.2 cm³/mol. The fourth-order valence-corrected chi connectivity index (χ4v) is 2.82. The second-order valence-electron chi connectivity index (χ2n) is 6.25. The van der Waals surface area contributed by atoms with Crippen LogP contribution in [0.2, 0.25) is 0 Å². The minimum absolute atomic E-state index is 0.252. The first-order valence-corrected chi connectivity index (χ1v) is 8.35. The normalized spacial score (nSPS) is 16.6. The van der Waals surface area contributed by atoms with Gasteiger partial charge in [0, 0.05) is 23.7 Å². The van der Waals surface area contributed by atoms with E-state index in [-0.39, 0.29) is 5.56 Å². The summed E-state index contributed by atoms with van der Waals surface area (Å²) in [7, 11) is 1.60. The van der Waals surface area contributed by atoms with Gasteiger partial charge in [0.1, 0.15) is 5.76 Å². The van der Waals surface area contributed by atoms with Crippen molar-refractivity contribution >= 4 is 5.57 Å². The Labute approximate surface area is 142 Å². The zero-order valence-corrected chi connectivity index (χ0v) is 14.7. The molecule has 1 aromatic carbocycles. The highest BCUT2D eigenvalue weighted by Gasteiger charge is 2.18. The molecule has 0 saturated heterocycles. The molecule has 2 rings (SSSR count). The number of hydrogen-bond donors (Lipinski definition) is 1. The zero-order valence-electron chi connectivity index (χ0n) is 14.7. The van der Waals surface area contributed by atoms with Gasteiger partial charge < -0.3 is 10.1 Å². The SMILES string of the molecule is CCC/C(NC(C)C)=C1/C=C(c2cccc(F)c2F)C=C(OC)C1. The van der Waals surface area contributed by atoms with Crippen LogP contribution in [0.3, 0.4) is 0 Å². The van der Waals surface area contributed by atoms with Gasteiger partial charge in [-0.3, -0.25) is 0 Å². The van der Waals surface area contributed by atoms with E-state index in [0.29, 0.717) is 18.0 Å². The Kier molecular flexibility index (Phi) is 6.18. The van der Waals surface area contributed by atoms with Gasteiger partial charge >= 0.3 is 0 Å². The van der Waals surface area contributed by atoms with Gasteiger partial charge in [-0.2, -0.15) is 0 Å². The Morgan fingerprint density at radius 1 is 1.25 bits per heavy atom. The average molecular weight is 333 g/mol. The number of benzene rings is 1. The smallest absolute Gasteiger partial charge is 0.166 e. The van der Waals surface area contributed by atoms with Crippen molar-refractivity contribution in [1.29, 1.82) is 0 Å². The summed E-state index contributed by atoms with van der Waals surface area (Å²) in [6.07, 6.45) is 6.26. The van der Waals surface area contributed by atoms with E-state index in [1.165, 1.54) is 6.07 Å². The summed E-state index contributed by atoms with van der Waals surface area (Å²) >= 11 is 0. The fourth-order valence-electron chi connectivity index (χ4n) is 2.82. The molecule has 130 valence electrons. The highest BCUT2D eigenvalue weighted by atomic mass is 19.2. The van der Waals surface area contributed by atoms with Crippen molar-refractivity contribution < 1.29 is 13.5 Å². The van der Waals surface area contributed by atoms with Crippen molar-refractivity contribution in [1.82, 2.24) is 5.32 Å². The van der Waals surface area contributed by atoms with Crippen LogP contribution in [-0.2, 0) is 4.74 Å². The van der Waals surface area contributed by atoms with Crippen molar-refractivity contribution in [3.63, 3.8) is 0 Å². The first-order chi connectivity index (χ1) is 11.5. The fraction of sp³-hybridized carbons (Fsp3) is 0.400. The first-order valence-electron chi connectivity index (χ1n) is 8.35. The number of halogens is 2. The van der Waals surface area contributed by atoms with Crippen LogP contribution in [0, 0.1) is 11.6 Å². The second-order valence-corrected chi connectivity index (χ2v) is 6.25. The van der Waals surface area contributed by atoms with E-state index in [4.69, 9.17) is 4.74 Å². The van der Waals surface area contributed by atoms with Crippen LogP contribution in [0.5, 0.6) is 0 Å². The third-order valence-electron chi connectivity index (χ3n) is 3.89. The molecule has 0 bridgehead atoms. The molecule has 0 atom stereocenters. The summed E-state index contributed by atoms with van der Waals surface area (Å²) in [6.45, 7) is 6.29. The lowest BCUT2D eigenvalue weighted by molar-refractivity contribution is 0.283. The Hall–Kier alpha value is -2.10. The van der Waals surface area contributed by atoms with Gasteiger partial charge in [0.2, 0.25) is 0 Å². The minimum Gasteiger partial charge on any atom is -0.501 e.